The third-order valence-corrected chi connectivity index (χ3v) is 5.53. The lowest BCUT2D eigenvalue weighted by atomic mass is 9.88. The van der Waals surface area contributed by atoms with E-state index < -0.39 is 0 Å². The van der Waals surface area contributed by atoms with E-state index in [2.05, 4.69) is 11.9 Å². The van der Waals surface area contributed by atoms with Crippen LogP contribution in [-0.4, -0.2) is 30.8 Å². The first-order valence-electron chi connectivity index (χ1n) is 8.09. The van der Waals surface area contributed by atoms with Gasteiger partial charge < -0.3 is 4.90 Å². The average molecular weight is 306 g/mol. The Labute approximate surface area is 132 Å². The number of fused-ring (bicyclic) bond motifs is 2. The summed E-state index contributed by atoms with van der Waals surface area (Å²) in [6.07, 6.45) is 6.34. The second-order valence-electron chi connectivity index (χ2n) is 6.88. The van der Waals surface area contributed by atoms with Crippen LogP contribution in [0.4, 0.5) is 0 Å². The van der Waals surface area contributed by atoms with Crippen LogP contribution < -0.4 is 0 Å². The molecule has 0 radical (unpaired) electrons. The topological polar surface area (TPSA) is 20.3 Å². The zero-order valence-corrected chi connectivity index (χ0v) is 13.5. The molecule has 21 heavy (non-hydrogen) atoms. The summed E-state index contributed by atoms with van der Waals surface area (Å²) in [5.41, 5.74) is 0.732. The Morgan fingerprint density at radius 2 is 2.19 bits per heavy atom. The van der Waals surface area contributed by atoms with Crippen molar-refractivity contribution in [1.82, 2.24) is 4.90 Å². The first-order chi connectivity index (χ1) is 10.1. The fraction of sp³-hybridized carbons (Fsp3) is 0.611. The number of halogens is 1. The molecular formula is C18H24ClNO. The summed E-state index contributed by atoms with van der Waals surface area (Å²) >= 11 is 5.94. The van der Waals surface area contributed by atoms with Crippen LogP contribution >= 0.6 is 11.6 Å². The molecule has 0 aliphatic heterocycles. The van der Waals surface area contributed by atoms with E-state index >= 15 is 0 Å². The van der Waals surface area contributed by atoms with Gasteiger partial charge in [0.25, 0.3) is 0 Å². The lowest BCUT2D eigenvalue weighted by molar-refractivity contribution is 0.0963. The molecule has 0 spiro atoms. The highest BCUT2D eigenvalue weighted by Gasteiger charge is 2.39. The van der Waals surface area contributed by atoms with Crippen molar-refractivity contribution in [1.29, 1.82) is 0 Å². The summed E-state index contributed by atoms with van der Waals surface area (Å²) in [5.74, 6) is 3.02. The van der Waals surface area contributed by atoms with Gasteiger partial charge >= 0.3 is 0 Å². The fourth-order valence-corrected chi connectivity index (χ4v) is 4.38. The van der Waals surface area contributed by atoms with Gasteiger partial charge in [-0.05, 0) is 56.2 Å². The van der Waals surface area contributed by atoms with Crippen LogP contribution in [0.25, 0.3) is 0 Å². The lowest BCUT2D eigenvalue weighted by Crippen LogP contribution is -2.30. The van der Waals surface area contributed by atoms with Gasteiger partial charge in [0.2, 0.25) is 0 Å². The summed E-state index contributed by atoms with van der Waals surface area (Å²) in [7, 11) is 2.15. The minimum absolute atomic E-state index is 0.192. The number of Topliss-reactive ketones (excluding diaryl/α,β-unsaturated/α-hetero) is 1. The van der Waals surface area contributed by atoms with Crippen LogP contribution in [0.2, 0.25) is 5.02 Å². The molecule has 3 atom stereocenters. The molecule has 2 aliphatic carbocycles. The van der Waals surface area contributed by atoms with Gasteiger partial charge in [-0.3, -0.25) is 4.79 Å². The lowest BCUT2D eigenvalue weighted by Gasteiger charge is -2.27. The van der Waals surface area contributed by atoms with E-state index in [-0.39, 0.29) is 5.78 Å². The number of benzene rings is 1. The van der Waals surface area contributed by atoms with E-state index in [0.717, 1.165) is 36.4 Å². The molecule has 0 saturated heterocycles. The number of hydrogen-bond acceptors (Lipinski definition) is 2. The standard InChI is InChI=1S/C18H24ClNO/c1-20(12-16-10-13-5-6-14(16)9-13)8-7-18(21)15-3-2-4-17(19)11-15/h2-4,11,13-14,16H,5-10,12H2,1H3. The Bertz CT molecular complexity index is 516. The summed E-state index contributed by atoms with van der Waals surface area (Å²) < 4.78 is 0. The predicted octanol–water partition coefficient (Wildman–Crippen LogP) is 4.28. The molecule has 114 valence electrons. The van der Waals surface area contributed by atoms with Gasteiger partial charge in [0.15, 0.2) is 5.78 Å². The molecule has 3 unspecified atom stereocenters. The highest BCUT2D eigenvalue weighted by molar-refractivity contribution is 6.31. The van der Waals surface area contributed by atoms with Gasteiger partial charge in [-0.15, -0.1) is 0 Å². The van der Waals surface area contributed by atoms with Crippen LogP contribution in [-0.2, 0) is 0 Å². The van der Waals surface area contributed by atoms with E-state index in [4.69, 9.17) is 11.6 Å². The van der Waals surface area contributed by atoms with Crippen molar-refractivity contribution < 1.29 is 4.79 Å². The third-order valence-electron chi connectivity index (χ3n) is 5.30. The Kier molecular flexibility index (Phi) is 4.66. The zero-order valence-electron chi connectivity index (χ0n) is 12.7. The highest BCUT2D eigenvalue weighted by Crippen LogP contribution is 2.48. The number of hydrogen-bond donors (Lipinski definition) is 0. The number of carbonyl (C=O) groups is 1. The predicted molar refractivity (Wildman–Crippen MR) is 86.8 cm³/mol. The van der Waals surface area contributed by atoms with Gasteiger partial charge in [0.05, 0.1) is 0 Å². The Morgan fingerprint density at radius 1 is 1.33 bits per heavy atom. The van der Waals surface area contributed by atoms with Crippen molar-refractivity contribution in [2.75, 3.05) is 20.1 Å². The summed E-state index contributed by atoms with van der Waals surface area (Å²) in [5, 5.41) is 0.635. The molecule has 1 aromatic rings. The molecule has 2 fully saturated rings. The number of ketones is 1. The molecule has 0 amide bonds. The maximum Gasteiger partial charge on any atom is 0.164 e. The van der Waals surface area contributed by atoms with E-state index in [1.807, 2.05) is 12.1 Å². The Morgan fingerprint density at radius 3 is 2.86 bits per heavy atom. The Hall–Kier alpha value is -0.860. The van der Waals surface area contributed by atoms with Crippen LogP contribution in [0.3, 0.4) is 0 Å². The molecule has 2 nitrogen and oxygen atoms in total. The smallest absolute Gasteiger partial charge is 0.164 e. The van der Waals surface area contributed by atoms with E-state index in [1.54, 1.807) is 12.1 Å². The molecule has 0 aromatic heterocycles. The van der Waals surface area contributed by atoms with Gasteiger partial charge in [-0.1, -0.05) is 30.2 Å². The molecule has 2 aliphatic rings. The summed E-state index contributed by atoms with van der Waals surface area (Å²) in [4.78, 5) is 14.5. The highest BCUT2D eigenvalue weighted by atomic mass is 35.5. The molecule has 1 aromatic carbocycles. The van der Waals surface area contributed by atoms with Crippen LogP contribution in [0, 0.1) is 17.8 Å². The molecular weight excluding hydrogens is 282 g/mol. The fourth-order valence-electron chi connectivity index (χ4n) is 4.19. The van der Waals surface area contributed by atoms with Gasteiger partial charge in [-0.2, -0.15) is 0 Å². The Balaban J connectivity index is 1.45. The van der Waals surface area contributed by atoms with Crippen LogP contribution in [0.1, 0.15) is 42.5 Å². The molecule has 0 heterocycles. The van der Waals surface area contributed by atoms with Crippen molar-refractivity contribution in [3.05, 3.63) is 34.9 Å². The van der Waals surface area contributed by atoms with Crippen molar-refractivity contribution in [3.63, 3.8) is 0 Å². The maximum atomic E-state index is 12.2. The SMILES string of the molecule is CN(CCC(=O)c1cccc(Cl)c1)CC1CC2CCC1C2. The normalized spacial score (nSPS) is 27.5. The molecule has 3 heteroatoms. The van der Waals surface area contributed by atoms with Crippen molar-refractivity contribution in [2.45, 2.75) is 32.1 Å². The van der Waals surface area contributed by atoms with E-state index in [1.165, 1.54) is 25.7 Å². The third kappa shape index (κ3) is 3.67. The second kappa shape index (κ2) is 6.50. The monoisotopic (exact) mass is 305 g/mol. The summed E-state index contributed by atoms with van der Waals surface area (Å²) in [6.45, 7) is 2.00. The number of carbonyl (C=O) groups excluding carboxylic acids is 1. The summed E-state index contributed by atoms with van der Waals surface area (Å²) in [6, 6.07) is 7.26. The van der Waals surface area contributed by atoms with E-state index in [9.17, 15) is 4.79 Å². The van der Waals surface area contributed by atoms with Crippen molar-refractivity contribution in [2.24, 2.45) is 17.8 Å². The molecule has 3 rings (SSSR count). The molecule has 0 N–H and O–H groups in total. The quantitative estimate of drug-likeness (QED) is 0.731. The van der Waals surface area contributed by atoms with Crippen molar-refractivity contribution >= 4 is 17.4 Å². The van der Waals surface area contributed by atoms with Gasteiger partial charge in [-0.25, -0.2) is 0 Å². The van der Waals surface area contributed by atoms with Crippen molar-refractivity contribution in [3.8, 4) is 0 Å². The average Bonchev–Trinajstić information content (AvgIpc) is 3.07. The van der Waals surface area contributed by atoms with Gasteiger partial charge in [0, 0.05) is 30.1 Å². The zero-order chi connectivity index (χ0) is 14.8. The molecule has 2 saturated carbocycles. The second-order valence-corrected chi connectivity index (χ2v) is 7.32. The number of nitrogens with zero attached hydrogens (tertiary/aromatic N) is 1. The maximum absolute atomic E-state index is 12.2. The van der Waals surface area contributed by atoms with Crippen LogP contribution in [0.15, 0.2) is 24.3 Å². The van der Waals surface area contributed by atoms with Gasteiger partial charge in [0.1, 0.15) is 0 Å². The minimum atomic E-state index is 0.192. The first-order valence-corrected chi connectivity index (χ1v) is 8.47. The minimum Gasteiger partial charge on any atom is -0.306 e. The van der Waals surface area contributed by atoms with E-state index in [0.29, 0.717) is 11.4 Å². The largest absolute Gasteiger partial charge is 0.306 e. The number of rotatable bonds is 6. The van der Waals surface area contributed by atoms with Crippen LogP contribution in [0.5, 0.6) is 0 Å². The molecule has 2 bridgehead atoms. The first kappa shape index (κ1) is 15.1.